The van der Waals surface area contributed by atoms with Gasteiger partial charge in [0.15, 0.2) is 0 Å². The molecule has 1 N–H and O–H groups in total. The number of benzene rings is 2. The van der Waals surface area contributed by atoms with Crippen LogP contribution in [0.5, 0.6) is 0 Å². The molecule has 0 radical (unpaired) electrons. The average Bonchev–Trinajstić information content (AvgIpc) is 2.47. The highest BCUT2D eigenvalue weighted by molar-refractivity contribution is 7.98. The molecule has 20 heavy (non-hydrogen) atoms. The minimum atomic E-state index is 0.369. The largest absolute Gasteiger partial charge is 0.378 e. The molecule has 0 amide bonds. The monoisotopic (exact) mass is 285 g/mol. The van der Waals surface area contributed by atoms with Gasteiger partial charge in [-0.25, -0.2) is 0 Å². The van der Waals surface area contributed by atoms with Crippen LogP contribution in [0.4, 0.5) is 5.69 Å². The number of hydrogen-bond donors (Lipinski definition) is 1. The van der Waals surface area contributed by atoms with Crippen LogP contribution in [0.3, 0.4) is 0 Å². The highest BCUT2D eigenvalue weighted by atomic mass is 32.2. The summed E-state index contributed by atoms with van der Waals surface area (Å²) in [7, 11) is 0. The first-order chi connectivity index (χ1) is 9.69. The van der Waals surface area contributed by atoms with E-state index in [1.807, 2.05) is 0 Å². The number of rotatable bonds is 6. The van der Waals surface area contributed by atoms with E-state index in [2.05, 4.69) is 80.0 Å². The Kier molecular flexibility index (Phi) is 5.54. The molecule has 0 bridgehead atoms. The van der Waals surface area contributed by atoms with Crippen LogP contribution in [-0.2, 0) is 0 Å². The average molecular weight is 285 g/mol. The zero-order chi connectivity index (χ0) is 14.4. The smallest absolute Gasteiger partial charge is 0.0516 e. The molecule has 1 unspecified atom stereocenters. The molecule has 0 aliphatic heterocycles. The van der Waals surface area contributed by atoms with E-state index in [0.29, 0.717) is 12.0 Å². The maximum Gasteiger partial charge on any atom is 0.0516 e. The molecule has 1 nitrogen and oxygen atoms in total. The van der Waals surface area contributed by atoms with Crippen LogP contribution >= 0.6 is 11.8 Å². The van der Waals surface area contributed by atoms with Crippen molar-refractivity contribution in [2.75, 3.05) is 11.6 Å². The van der Waals surface area contributed by atoms with E-state index in [-0.39, 0.29) is 0 Å². The second-order valence-corrected chi connectivity index (χ2v) is 6.35. The predicted octanol–water partition coefficient (Wildman–Crippen LogP) is 5.61. The zero-order valence-corrected chi connectivity index (χ0v) is 13.3. The van der Waals surface area contributed by atoms with Crippen molar-refractivity contribution in [2.45, 2.75) is 31.2 Å². The van der Waals surface area contributed by atoms with Gasteiger partial charge in [0.1, 0.15) is 0 Å². The predicted molar refractivity (Wildman–Crippen MR) is 90.5 cm³/mol. The summed E-state index contributed by atoms with van der Waals surface area (Å²) in [6.45, 7) is 4.55. The van der Waals surface area contributed by atoms with E-state index in [1.54, 1.807) is 11.8 Å². The molecule has 0 aromatic heterocycles. The molecule has 0 spiro atoms. The van der Waals surface area contributed by atoms with Crippen LogP contribution in [0.15, 0.2) is 59.5 Å². The van der Waals surface area contributed by atoms with Crippen LogP contribution in [0.1, 0.15) is 31.9 Å². The standard InChI is InChI=1S/C18H23NS/c1-14(2)12-18(15-8-5-4-6-9-15)19-16-10-7-11-17(13-16)20-3/h4-11,13-14,18-19H,12H2,1-3H3. The summed E-state index contributed by atoms with van der Waals surface area (Å²) in [5.74, 6) is 0.663. The zero-order valence-electron chi connectivity index (χ0n) is 12.5. The number of nitrogens with one attached hydrogen (secondary N) is 1. The van der Waals surface area contributed by atoms with E-state index < -0.39 is 0 Å². The first-order valence-electron chi connectivity index (χ1n) is 7.14. The molecule has 2 heteroatoms. The Morgan fingerprint density at radius 2 is 1.75 bits per heavy atom. The van der Waals surface area contributed by atoms with Crippen LogP contribution in [0, 0.1) is 5.92 Å². The summed E-state index contributed by atoms with van der Waals surface area (Å²) in [5, 5.41) is 3.69. The lowest BCUT2D eigenvalue weighted by Crippen LogP contribution is -2.13. The molecule has 2 aromatic carbocycles. The van der Waals surface area contributed by atoms with Gasteiger partial charge in [-0.05, 0) is 42.4 Å². The maximum atomic E-state index is 3.69. The summed E-state index contributed by atoms with van der Waals surface area (Å²) < 4.78 is 0. The molecule has 0 heterocycles. The fourth-order valence-corrected chi connectivity index (χ4v) is 2.81. The Labute approximate surface area is 126 Å². The fraction of sp³-hybridized carbons (Fsp3) is 0.333. The highest BCUT2D eigenvalue weighted by Crippen LogP contribution is 2.27. The van der Waals surface area contributed by atoms with Gasteiger partial charge in [0.25, 0.3) is 0 Å². The Morgan fingerprint density at radius 3 is 2.40 bits per heavy atom. The third-order valence-corrected chi connectivity index (χ3v) is 4.05. The molecule has 0 aliphatic carbocycles. The van der Waals surface area contributed by atoms with Gasteiger partial charge >= 0.3 is 0 Å². The van der Waals surface area contributed by atoms with E-state index >= 15 is 0 Å². The second-order valence-electron chi connectivity index (χ2n) is 5.47. The molecular formula is C18H23NS. The summed E-state index contributed by atoms with van der Waals surface area (Å²) in [5.41, 5.74) is 2.56. The summed E-state index contributed by atoms with van der Waals surface area (Å²) >= 11 is 1.78. The van der Waals surface area contributed by atoms with Crippen LogP contribution in [0.25, 0.3) is 0 Å². The van der Waals surface area contributed by atoms with Crippen molar-refractivity contribution in [3.63, 3.8) is 0 Å². The summed E-state index contributed by atoms with van der Waals surface area (Å²) in [6, 6.07) is 19.7. The van der Waals surface area contributed by atoms with Crippen molar-refractivity contribution in [3.05, 3.63) is 60.2 Å². The van der Waals surface area contributed by atoms with Crippen molar-refractivity contribution in [1.29, 1.82) is 0 Å². The van der Waals surface area contributed by atoms with E-state index in [0.717, 1.165) is 6.42 Å². The van der Waals surface area contributed by atoms with Crippen LogP contribution in [0.2, 0.25) is 0 Å². The topological polar surface area (TPSA) is 12.0 Å². The van der Waals surface area contributed by atoms with Crippen molar-refractivity contribution in [2.24, 2.45) is 5.92 Å². The first kappa shape index (κ1) is 15.0. The molecule has 0 saturated heterocycles. The minimum Gasteiger partial charge on any atom is -0.378 e. The van der Waals surface area contributed by atoms with E-state index in [9.17, 15) is 0 Å². The molecular weight excluding hydrogens is 262 g/mol. The lowest BCUT2D eigenvalue weighted by Gasteiger charge is -2.22. The maximum absolute atomic E-state index is 3.69. The van der Waals surface area contributed by atoms with Crippen molar-refractivity contribution >= 4 is 17.4 Å². The second kappa shape index (κ2) is 7.39. The SMILES string of the molecule is CSc1cccc(NC(CC(C)C)c2ccccc2)c1. The van der Waals surface area contributed by atoms with Crippen LogP contribution in [-0.4, -0.2) is 6.26 Å². The van der Waals surface area contributed by atoms with Gasteiger partial charge in [0.2, 0.25) is 0 Å². The van der Waals surface area contributed by atoms with E-state index in [1.165, 1.54) is 16.1 Å². The Balaban J connectivity index is 2.19. The normalized spacial score (nSPS) is 12.4. The molecule has 0 aliphatic rings. The third kappa shape index (κ3) is 4.31. The van der Waals surface area contributed by atoms with E-state index in [4.69, 9.17) is 0 Å². The van der Waals surface area contributed by atoms with Crippen molar-refractivity contribution in [3.8, 4) is 0 Å². The van der Waals surface area contributed by atoms with Gasteiger partial charge in [-0.3, -0.25) is 0 Å². The van der Waals surface area contributed by atoms with Gasteiger partial charge in [-0.1, -0.05) is 50.2 Å². The molecule has 1 atom stereocenters. The van der Waals surface area contributed by atoms with Crippen molar-refractivity contribution in [1.82, 2.24) is 0 Å². The Hall–Kier alpha value is -1.41. The quantitative estimate of drug-likeness (QED) is 0.692. The third-order valence-electron chi connectivity index (χ3n) is 3.32. The fourth-order valence-electron chi connectivity index (χ4n) is 2.35. The molecule has 0 fully saturated rings. The molecule has 106 valence electrons. The van der Waals surface area contributed by atoms with Gasteiger partial charge in [-0.15, -0.1) is 11.8 Å². The summed E-state index contributed by atoms with van der Waals surface area (Å²) in [6.07, 6.45) is 3.25. The number of hydrogen-bond acceptors (Lipinski definition) is 2. The number of anilines is 1. The first-order valence-corrected chi connectivity index (χ1v) is 8.37. The molecule has 0 saturated carbocycles. The summed E-state index contributed by atoms with van der Waals surface area (Å²) in [4.78, 5) is 1.30. The van der Waals surface area contributed by atoms with Gasteiger partial charge in [0, 0.05) is 10.6 Å². The highest BCUT2D eigenvalue weighted by Gasteiger charge is 2.13. The number of thioether (sulfide) groups is 1. The minimum absolute atomic E-state index is 0.369. The molecule has 2 aromatic rings. The lowest BCUT2D eigenvalue weighted by atomic mass is 9.97. The van der Waals surface area contributed by atoms with Crippen molar-refractivity contribution < 1.29 is 0 Å². The van der Waals surface area contributed by atoms with Gasteiger partial charge in [0.05, 0.1) is 6.04 Å². The van der Waals surface area contributed by atoms with Gasteiger partial charge < -0.3 is 5.32 Å². The van der Waals surface area contributed by atoms with Gasteiger partial charge in [-0.2, -0.15) is 0 Å². The van der Waals surface area contributed by atoms with Crippen LogP contribution < -0.4 is 5.32 Å². The Morgan fingerprint density at radius 1 is 1.00 bits per heavy atom. The molecule has 2 rings (SSSR count). The lowest BCUT2D eigenvalue weighted by molar-refractivity contribution is 0.531. The Bertz CT molecular complexity index is 522.